The number of terminal acetylenes is 1. The van der Waals surface area contributed by atoms with E-state index in [0.29, 0.717) is 11.1 Å². The Labute approximate surface area is 168 Å². The average Bonchev–Trinajstić information content (AvgIpc) is 3.50. The van der Waals surface area contributed by atoms with Crippen molar-refractivity contribution in [3.63, 3.8) is 0 Å². The maximum Gasteiger partial charge on any atom is 0.239 e. The molecule has 148 valence electrons. The first-order valence-corrected chi connectivity index (χ1v) is 9.38. The number of likely N-dealkylation sites (N-methyl/N-ethyl adjacent to an activating group) is 1. The molecule has 2 aliphatic rings. The smallest absolute Gasteiger partial charge is 0.239 e. The molecule has 0 bridgehead atoms. The molecule has 1 aliphatic heterocycles. The highest BCUT2D eigenvalue weighted by Gasteiger charge is 2.48. The fourth-order valence-corrected chi connectivity index (χ4v) is 4.07. The Morgan fingerprint density at radius 2 is 1.76 bits per heavy atom. The second kappa shape index (κ2) is 6.41. The van der Waals surface area contributed by atoms with Crippen molar-refractivity contribution >= 4 is 11.9 Å². The van der Waals surface area contributed by atoms with E-state index in [1.165, 1.54) is 11.0 Å². The quantitative estimate of drug-likeness (QED) is 0.813. The zero-order chi connectivity index (χ0) is 21.0. The summed E-state index contributed by atoms with van der Waals surface area (Å²) in [6, 6.07) is 11.1. The molecule has 1 amide bonds. The van der Waals surface area contributed by atoms with Crippen LogP contribution in [-0.2, 0) is 15.7 Å². The Morgan fingerprint density at radius 1 is 1.14 bits per heavy atom. The lowest BCUT2D eigenvalue weighted by molar-refractivity contribution is -0.130. The van der Waals surface area contributed by atoms with E-state index in [-0.39, 0.29) is 17.3 Å². The van der Waals surface area contributed by atoms with E-state index in [1.807, 2.05) is 24.3 Å². The van der Waals surface area contributed by atoms with Crippen molar-refractivity contribution in [2.24, 2.45) is 10.7 Å². The molecule has 2 aromatic carbocycles. The van der Waals surface area contributed by atoms with Gasteiger partial charge in [0.2, 0.25) is 5.91 Å². The van der Waals surface area contributed by atoms with Crippen LogP contribution >= 0.6 is 0 Å². The second-order valence-corrected chi connectivity index (χ2v) is 7.93. The zero-order valence-corrected chi connectivity index (χ0v) is 16.2. The Morgan fingerprint density at radius 3 is 2.31 bits per heavy atom. The van der Waals surface area contributed by atoms with Crippen molar-refractivity contribution < 1.29 is 13.6 Å². The SMILES string of the molecule is C#CC1(c2ccc([C@@H]3C(=O)N(C)C(N)=N[C@]3(C)c3ccc(F)c(F)c3)cc2)CC1. The number of nitrogens with zero attached hydrogens (tertiary/aromatic N) is 2. The van der Waals surface area contributed by atoms with Gasteiger partial charge in [0.15, 0.2) is 17.6 Å². The third-order valence-electron chi connectivity index (χ3n) is 6.16. The molecule has 0 unspecified atom stereocenters. The van der Waals surface area contributed by atoms with Crippen LogP contribution < -0.4 is 5.73 Å². The Kier molecular flexibility index (Phi) is 4.23. The molecule has 0 saturated heterocycles. The number of carbonyl (C=O) groups is 1. The van der Waals surface area contributed by atoms with Gasteiger partial charge in [-0.25, -0.2) is 13.8 Å². The highest BCUT2D eigenvalue weighted by Crippen LogP contribution is 2.49. The first-order chi connectivity index (χ1) is 13.7. The van der Waals surface area contributed by atoms with E-state index in [2.05, 4.69) is 10.9 Å². The number of amides is 1. The van der Waals surface area contributed by atoms with Gasteiger partial charge in [-0.1, -0.05) is 36.3 Å². The number of halogens is 2. The fourth-order valence-electron chi connectivity index (χ4n) is 4.07. The summed E-state index contributed by atoms with van der Waals surface area (Å²) in [5.41, 5.74) is 6.69. The van der Waals surface area contributed by atoms with Crippen LogP contribution in [0, 0.1) is 24.0 Å². The maximum absolute atomic E-state index is 14.0. The first-order valence-electron chi connectivity index (χ1n) is 9.38. The molecule has 1 aliphatic carbocycles. The lowest BCUT2D eigenvalue weighted by atomic mass is 9.74. The predicted octanol–water partition coefficient (Wildman–Crippen LogP) is 3.42. The number of aliphatic imine (C=N–C) groups is 1. The third-order valence-corrected chi connectivity index (χ3v) is 6.16. The van der Waals surface area contributed by atoms with Crippen LogP contribution in [0.4, 0.5) is 8.78 Å². The van der Waals surface area contributed by atoms with Gasteiger partial charge < -0.3 is 5.73 Å². The van der Waals surface area contributed by atoms with E-state index in [0.717, 1.165) is 30.5 Å². The Hall–Kier alpha value is -3.20. The zero-order valence-electron chi connectivity index (χ0n) is 16.2. The molecule has 2 aromatic rings. The van der Waals surface area contributed by atoms with Crippen LogP contribution in [0.15, 0.2) is 47.5 Å². The van der Waals surface area contributed by atoms with Crippen molar-refractivity contribution in [3.8, 4) is 12.3 Å². The number of nitrogens with two attached hydrogens (primary N) is 1. The summed E-state index contributed by atoms with van der Waals surface area (Å²) in [5.74, 6) is -0.0961. The number of hydrogen-bond acceptors (Lipinski definition) is 3. The van der Waals surface area contributed by atoms with Crippen LogP contribution in [0.3, 0.4) is 0 Å². The summed E-state index contributed by atoms with van der Waals surface area (Å²) in [4.78, 5) is 19.0. The molecule has 1 saturated carbocycles. The largest absolute Gasteiger partial charge is 0.369 e. The molecule has 1 fully saturated rings. The van der Waals surface area contributed by atoms with E-state index in [4.69, 9.17) is 12.2 Å². The van der Waals surface area contributed by atoms with Gasteiger partial charge in [0.05, 0.1) is 11.3 Å². The highest BCUT2D eigenvalue weighted by atomic mass is 19.2. The first kappa shape index (κ1) is 19.1. The lowest BCUT2D eigenvalue weighted by Crippen LogP contribution is -2.52. The average molecular weight is 393 g/mol. The minimum absolute atomic E-state index is 0.0272. The van der Waals surface area contributed by atoms with Gasteiger partial charge in [-0.3, -0.25) is 9.69 Å². The summed E-state index contributed by atoms with van der Waals surface area (Å²) in [7, 11) is 1.55. The lowest BCUT2D eigenvalue weighted by Gasteiger charge is -2.41. The molecule has 29 heavy (non-hydrogen) atoms. The third kappa shape index (κ3) is 2.89. The normalized spacial score (nSPS) is 25.3. The van der Waals surface area contributed by atoms with Crippen LogP contribution in [-0.4, -0.2) is 23.8 Å². The highest BCUT2D eigenvalue weighted by molar-refractivity contribution is 6.02. The molecule has 6 heteroatoms. The molecule has 2 N–H and O–H groups in total. The molecule has 0 aromatic heterocycles. The summed E-state index contributed by atoms with van der Waals surface area (Å²) < 4.78 is 27.5. The van der Waals surface area contributed by atoms with E-state index in [9.17, 15) is 13.6 Å². The van der Waals surface area contributed by atoms with Crippen molar-refractivity contribution in [1.29, 1.82) is 0 Å². The molecule has 2 atom stereocenters. The van der Waals surface area contributed by atoms with E-state index in [1.54, 1.807) is 14.0 Å². The van der Waals surface area contributed by atoms with Gasteiger partial charge in [-0.05, 0) is 48.6 Å². The number of hydrogen-bond donors (Lipinski definition) is 1. The number of guanidine groups is 1. The topological polar surface area (TPSA) is 58.7 Å². The van der Waals surface area contributed by atoms with Gasteiger partial charge in [0.25, 0.3) is 0 Å². The molecule has 0 spiro atoms. The van der Waals surface area contributed by atoms with Gasteiger partial charge in [0.1, 0.15) is 5.54 Å². The van der Waals surface area contributed by atoms with Crippen molar-refractivity contribution in [2.45, 2.75) is 36.6 Å². The summed E-state index contributed by atoms with van der Waals surface area (Å²) >= 11 is 0. The van der Waals surface area contributed by atoms with E-state index < -0.39 is 23.1 Å². The van der Waals surface area contributed by atoms with Gasteiger partial charge in [0, 0.05) is 7.05 Å². The summed E-state index contributed by atoms with van der Waals surface area (Å²) in [6.07, 6.45) is 7.57. The summed E-state index contributed by atoms with van der Waals surface area (Å²) in [5, 5.41) is 0. The standard InChI is InChI=1S/C23H21F2N3O/c1-4-23(11-12-23)15-7-5-14(6-8-15)19-20(29)28(3)21(26)27-22(19,2)16-9-10-17(24)18(25)13-16/h1,5-10,13,19H,11-12H2,2-3H3,(H2,26,27)/t19-,22-/m1/s1. The molecular weight excluding hydrogens is 372 g/mol. The summed E-state index contributed by atoms with van der Waals surface area (Å²) in [6.45, 7) is 1.71. The van der Waals surface area contributed by atoms with Gasteiger partial charge >= 0.3 is 0 Å². The van der Waals surface area contributed by atoms with Crippen LogP contribution in [0.2, 0.25) is 0 Å². The minimum atomic E-state index is -1.19. The molecule has 4 nitrogen and oxygen atoms in total. The van der Waals surface area contributed by atoms with Crippen LogP contribution in [0.25, 0.3) is 0 Å². The number of carbonyl (C=O) groups excluding carboxylic acids is 1. The van der Waals surface area contributed by atoms with Crippen LogP contribution in [0.5, 0.6) is 0 Å². The number of benzene rings is 2. The van der Waals surface area contributed by atoms with Gasteiger partial charge in [-0.15, -0.1) is 6.42 Å². The minimum Gasteiger partial charge on any atom is -0.369 e. The Bertz CT molecular complexity index is 1070. The number of rotatable bonds is 3. The maximum atomic E-state index is 14.0. The molecular formula is C23H21F2N3O. The Balaban J connectivity index is 1.83. The van der Waals surface area contributed by atoms with Crippen molar-refractivity contribution in [3.05, 3.63) is 70.8 Å². The predicted molar refractivity (Wildman–Crippen MR) is 107 cm³/mol. The fraction of sp³-hybridized carbons (Fsp3) is 0.304. The molecule has 4 rings (SSSR count). The van der Waals surface area contributed by atoms with E-state index >= 15 is 0 Å². The molecule has 1 heterocycles. The van der Waals surface area contributed by atoms with Gasteiger partial charge in [-0.2, -0.15) is 0 Å². The van der Waals surface area contributed by atoms with Crippen LogP contribution in [0.1, 0.15) is 42.4 Å². The monoisotopic (exact) mass is 393 g/mol. The molecule has 0 radical (unpaired) electrons. The second-order valence-electron chi connectivity index (χ2n) is 7.93. The van der Waals surface area contributed by atoms with Crippen molar-refractivity contribution in [2.75, 3.05) is 7.05 Å². The van der Waals surface area contributed by atoms with Crippen molar-refractivity contribution in [1.82, 2.24) is 4.90 Å².